The summed E-state index contributed by atoms with van der Waals surface area (Å²) in [4.78, 5) is 23.5. The Morgan fingerprint density at radius 3 is 2.78 bits per heavy atom. The Morgan fingerprint density at radius 2 is 2.17 bits per heavy atom. The molecule has 1 aliphatic carbocycles. The van der Waals surface area contributed by atoms with Crippen molar-refractivity contribution in [1.82, 2.24) is 10.6 Å². The molecule has 0 aromatic heterocycles. The monoisotopic (exact) mass is 320 g/mol. The molecule has 1 aliphatic rings. The molecule has 0 spiro atoms. The van der Waals surface area contributed by atoms with E-state index in [2.05, 4.69) is 34.6 Å². The van der Waals surface area contributed by atoms with E-state index < -0.39 is 12.1 Å². The Labute approximate surface area is 137 Å². The highest BCUT2D eigenvalue weighted by Crippen LogP contribution is 2.11. The summed E-state index contributed by atoms with van der Waals surface area (Å²) in [6.07, 6.45) is 7.73. The summed E-state index contributed by atoms with van der Waals surface area (Å²) >= 11 is 0. The zero-order chi connectivity index (χ0) is 17.1. The number of hydrogen-bond donors (Lipinski definition) is 3. The minimum Gasteiger partial charge on any atom is -0.384 e. The van der Waals surface area contributed by atoms with Gasteiger partial charge in [0.25, 0.3) is 0 Å². The van der Waals surface area contributed by atoms with Crippen molar-refractivity contribution in [2.45, 2.75) is 38.8 Å². The summed E-state index contributed by atoms with van der Waals surface area (Å²) < 4.78 is 5.72. The molecule has 0 bridgehead atoms. The van der Waals surface area contributed by atoms with Crippen molar-refractivity contribution < 1.29 is 19.4 Å². The highest BCUT2D eigenvalue weighted by molar-refractivity contribution is 5.87. The van der Waals surface area contributed by atoms with Gasteiger partial charge in [0.1, 0.15) is 12.6 Å². The molecule has 2 unspecified atom stereocenters. The van der Waals surface area contributed by atoms with E-state index in [0.29, 0.717) is 6.61 Å². The number of carbonyl (C=O) groups is 2. The molecule has 0 fully saturated rings. The van der Waals surface area contributed by atoms with Gasteiger partial charge in [-0.2, -0.15) is 0 Å². The number of hydrogen-bond acceptors (Lipinski definition) is 4. The second-order valence-electron chi connectivity index (χ2n) is 5.18. The van der Waals surface area contributed by atoms with Gasteiger partial charge < -0.3 is 20.5 Å². The second kappa shape index (κ2) is 10.6. The van der Waals surface area contributed by atoms with E-state index >= 15 is 0 Å². The van der Waals surface area contributed by atoms with Crippen LogP contribution in [0.5, 0.6) is 0 Å². The van der Waals surface area contributed by atoms with Gasteiger partial charge in [0.05, 0.1) is 19.3 Å². The van der Waals surface area contributed by atoms with E-state index in [1.54, 1.807) is 6.92 Å². The van der Waals surface area contributed by atoms with Crippen LogP contribution in [0.25, 0.3) is 0 Å². The maximum atomic E-state index is 12.2. The SMILES string of the molecule is CC(=O)NC(C(=O)NCC#CCO)C(C)OCC1=CCCC=C1. The first-order chi connectivity index (χ1) is 11.0. The number of carbonyl (C=O) groups excluding carboxylic acids is 2. The fraction of sp³-hybridized carbons (Fsp3) is 0.529. The predicted octanol–water partition coefficient (Wildman–Crippen LogP) is 0.285. The van der Waals surface area contributed by atoms with Gasteiger partial charge >= 0.3 is 0 Å². The Morgan fingerprint density at radius 1 is 1.39 bits per heavy atom. The van der Waals surface area contributed by atoms with Gasteiger partial charge in [0.2, 0.25) is 11.8 Å². The summed E-state index contributed by atoms with van der Waals surface area (Å²) in [5, 5.41) is 13.8. The normalized spacial score (nSPS) is 15.7. The van der Waals surface area contributed by atoms with Gasteiger partial charge in [0.15, 0.2) is 0 Å². The molecule has 0 saturated heterocycles. The van der Waals surface area contributed by atoms with Crippen molar-refractivity contribution in [2.75, 3.05) is 19.8 Å². The van der Waals surface area contributed by atoms with Crippen LogP contribution in [0.2, 0.25) is 0 Å². The highest BCUT2D eigenvalue weighted by atomic mass is 16.5. The molecule has 1 rings (SSSR count). The fourth-order valence-electron chi connectivity index (χ4n) is 2.07. The van der Waals surface area contributed by atoms with Crippen LogP contribution in [-0.2, 0) is 14.3 Å². The van der Waals surface area contributed by atoms with Crippen molar-refractivity contribution in [3.63, 3.8) is 0 Å². The molecule has 6 nitrogen and oxygen atoms in total. The maximum absolute atomic E-state index is 12.2. The van der Waals surface area contributed by atoms with Gasteiger partial charge in [-0.3, -0.25) is 9.59 Å². The Kier molecular flexibility index (Phi) is 8.73. The standard InChI is InChI=1S/C17H24N2O4/c1-13(23-12-15-8-4-3-5-9-15)16(19-14(2)21)17(22)18-10-6-7-11-20/h4,8-9,13,16,20H,3,5,10-12H2,1-2H3,(H,18,22)(H,19,21). The third kappa shape index (κ3) is 7.63. The van der Waals surface area contributed by atoms with Crippen LogP contribution in [0.4, 0.5) is 0 Å². The Bertz CT molecular complexity index is 528. The molecule has 126 valence electrons. The molecule has 2 atom stereocenters. The lowest BCUT2D eigenvalue weighted by Gasteiger charge is -2.24. The minimum atomic E-state index is -0.795. The molecule has 0 aromatic carbocycles. The molecule has 0 saturated carbocycles. The number of ether oxygens (including phenoxy) is 1. The Hall–Kier alpha value is -2.10. The van der Waals surface area contributed by atoms with Crippen LogP contribution in [0.15, 0.2) is 23.8 Å². The lowest BCUT2D eigenvalue weighted by atomic mass is 10.1. The van der Waals surface area contributed by atoms with Crippen LogP contribution in [0.3, 0.4) is 0 Å². The molecule has 0 radical (unpaired) electrons. The van der Waals surface area contributed by atoms with E-state index in [9.17, 15) is 9.59 Å². The number of aliphatic hydroxyl groups is 1. The zero-order valence-electron chi connectivity index (χ0n) is 13.6. The van der Waals surface area contributed by atoms with E-state index in [0.717, 1.165) is 18.4 Å². The van der Waals surface area contributed by atoms with Gasteiger partial charge in [0, 0.05) is 6.92 Å². The number of rotatable bonds is 7. The molecule has 0 aromatic rings. The zero-order valence-corrected chi connectivity index (χ0v) is 13.6. The topological polar surface area (TPSA) is 87.7 Å². The van der Waals surface area contributed by atoms with Crippen molar-refractivity contribution >= 4 is 11.8 Å². The number of nitrogens with one attached hydrogen (secondary N) is 2. The minimum absolute atomic E-state index is 0.107. The number of allylic oxidation sites excluding steroid dienone is 2. The molecule has 0 heterocycles. The lowest BCUT2D eigenvalue weighted by molar-refractivity contribution is -0.131. The second-order valence-corrected chi connectivity index (χ2v) is 5.18. The molecule has 0 aliphatic heterocycles. The van der Waals surface area contributed by atoms with E-state index in [1.807, 2.05) is 6.08 Å². The first-order valence-corrected chi connectivity index (χ1v) is 7.63. The maximum Gasteiger partial charge on any atom is 0.246 e. The predicted molar refractivity (Wildman–Crippen MR) is 87.3 cm³/mol. The van der Waals surface area contributed by atoms with Gasteiger partial charge in [-0.15, -0.1) is 0 Å². The van der Waals surface area contributed by atoms with Crippen molar-refractivity contribution in [2.24, 2.45) is 0 Å². The number of aliphatic hydroxyl groups excluding tert-OH is 1. The van der Waals surface area contributed by atoms with Crippen LogP contribution in [0.1, 0.15) is 26.7 Å². The lowest BCUT2D eigenvalue weighted by Crippen LogP contribution is -2.52. The average Bonchev–Trinajstić information content (AvgIpc) is 2.55. The summed E-state index contributed by atoms with van der Waals surface area (Å²) in [6, 6.07) is -0.795. The van der Waals surface area contributed by atoms with Gasteiger partial charge in [-0.1, -0.05) is 30.1 Å². The smallest absolute Gasteiger partial charge is 0.246 e. The average molecular weight is 320 g/mol. The summed E-state index contributed by atoms with van der Waals surface area (Å²) in [6.45, 7) is 3.34. The first kappa shape index (κ1) is 18.9. The van der Waals surface area contributed by atoms with E-state index in [4.69, 9.17) is 9.84 Å². The summed E-state index contributed by atoms with van der Waals surface area (Å²) in [5.74, 6) is 4.36. The quantitative estimate of drug-likeness (QED) is 0.588. The van der Waals surface area contributed by atoms with E-state index in [-0.39, 0.29) is 25.0 Å². The van der Waals surface area contributed by atoms with E-state index in [1.165, 1.54) is 6.92 Å². The van der Waals surface area contributed by atoms with Crippen molar-refractivity contribution in [3.8, 4) is 11.8 Å². The molecular formula is C17H24N2O4. The summed E-state index contributed by atoms with van der Waals surface area (Å²) in [7, 11) is 0. The molecule has 3 N–H and O–H groups in total. The van der Waals surface area contributed by atoms with Crippen molar-refractivity contribution in [1.29, 1.82) is 0 Å². The molecule has 23 heavy (non-hydrogen) atoms. The largest absolute Gasteiger partial charge is 0.384 e. The van der Waals surface area contributed by atoms with Gasteiger partial charge in [-0.05, 0) is 25.3 Å². The summed E-state index contributed by atoms with van der Waals surface area (Å²) in [5.41, 5.74) is 1.07. The third-order valence-corrected chi connectivity index (χ3v) is 3.25. The van der Waals surface area contributed by atoms with Crippen LogP contribution < -0.4 is 10.6 Å². The third-order valence-electron chi connectivity index (χ3n) is 3.25. The fourth-order valence-corrected chi connectivity index (χ4v) is 2.07. The molecule has 2 amide bonds. The van der Waals surface area contributed by atoms with Crippen LogP contribution in [0, 0.1) is 11.8 Å². The molecular weight excluding hydrogens is 296 g/mol. The van der Waals surface area contributed by atoms with Crippen LogP contribution >= 0.6 is 0 Å². The van der Waals surface area contributed by atoms with Gasteiger partial charge in [-0.25, -0.2) is 0 Å². The molecule has 6 heteroatoms. The number of amides is 2. The highest BCUT2D eigenvalue weighted by Gasteiger charge is 2.26. The first-order valence-electron chi connectivity index (χ1n) is 7.63. The Balaban J connectivity index is 2.56. The van der Waals surface area contributed by atoms with Crippen LogP contribution in [-0.4, -0.2) is 48.8 Å². The van der Waals surface area contributed by atoms with Crippen molar-refractivity contribution in [3.05, 3.63) is 23.8 Å².